The second kappa shape index (κ2) is 11.4. The van der Waals surface area contributed by atoms with Crippen LogP contribution >= 0.6 is 0 Å². The molecule has 0 saturated carbocycles. The van der Waals surface area contributed by atoms with Crippen molar-refractivity contribution in [2.24, 2.45) is 0 Å². The first-order chi connectivity index (χ1) is 17.2. The summed E-state index contributed by atoms with van der Waals surface area (Å²) in [5, 5.41) is 29.6. The summed E-state index contributed by atoms with van der Waals surface area (Å²) in [7, 11) is 2.05. The van der Waals surface area contributed by atoms with E-state index in [1.54, 1.807) is 10.9 Å². The number of aliphatic hydroxyl groups is 1. The summed E-state index contributed by atoms with van der Waals surface area (Å²) >= 11 is 0. The van der Waals surface area contributed by atoms with Crippen molar-refractivity contribution in [3.63, 3.8) is 0 Å². The topological polar surface area (TPSA) is 118 Å². The molecule has 10 nitrogen and oxygen atoms in total. The number of hydrogen-bond acceptors (Lipinski definition) is 9. The van der Waals surface area contributed by atoms with Gasteiger partial charge >= 0.3 is 6.18 Å². The lowest BCUT2D eigenvalue weighted by atomic mass is 10.1. The van der Waals surface area contributed by atoms with Crippen molar-refractivity contribution in [3.8, 4) is 6.07 Å². The highest BCUT2D eigenvalue weighted by molar-refractivity contribution is 5.61. The number of aliphatic hydroxyl groups excluding tert-OH is 1. The second-order valence-corrected chi connectivity index (χ2v) is 9.39. The molecule has 196 valence electrons. The zero-order valence-electron chi connectivity index (χ0n) is 20.3. The average molecular weight is 508 g/mol. The summed E-state index contributed by atoms with van der Waals surface area (Å²) in [5.74, 6) is -0.392. The van der Waals surface area contributed by atoms with E-state index < -0.39 is 18.0 Å². The van der Waals surface area contributed by atoms with Crippen molar-refractivity contribution in [1.82, 2.24) is 29.5 Å². The molecule has 2 aliphatic heterocycles. The summed E-state index contributed by atoms with van der Waals surface area (Å²) in [6.45, 7) is 3.45. The molecule has 2 aliphatic rings. The number of hydrogen-bond donors (Lipinski definition) is 3. The number of nitrogens with one attached hydrogen (secondary N) is 2. The van der Waals surface area contributed by atoms with Gasteiger partial charge < -0.3 is 20.6 Å². The third-order valence-corrected chi connectivity index (χ3v) is 6.73. The molecule has 0 aromatic carbocycles. The molecule has 36 heavy (non-hydrogen) atoms. The quantitative estimate of drug-likeness (QED) is 0.463. The molecule has 0 radical (unpaired) electrons. The Balaban J connectivity index is 1.45. The van der Waals surface area contributed by atoms with Crippen LogP contribution in [0.4, 0.5) is 30.6 Å². The molecule has 2 aromatic heterocycles. The Morgan fingerprint density at radius 2 is 1.97 bits per heavy atom. The van der Waals surface area contributed by atoms with Gasteiger partial charge in [-0.05, 0) is 58.7 Å². The molecule has 2 aromatic rings. The number of aromatic nitrogens is 4. The number of anilines is 3. The Labute approximate surface area is 208 Å². The lowest BCUT2D eigenvalue weighted by Crippen LogP contribution is -2.40. The first-order valence-electron chi connectivity index (χ1n) is 12.3. The van der Waals surface area contributed by atoms with Crippen LogP contribution in [0.15, 0.2) is 12.4 Å². The van der Waals surface area contributed by atoms with Gasteiger partial charge in [-0.25, -0.2) is 4.98 Å². The minimum Gasteiger partial charge on any atom is -0.378 e. The number of alkyl halides is 3. The van der Waals surface area contributed by atoms with Gasteiger partial charge in [-0.2, -0.15) is 28.5 Å². The normalized spacial score (nSPS) is 20.3. The van der Waals surface area contributed by atoms with E-state index in [4.69, 9.17) is 0 Å². The highest BCUT2D eigenvalue weighted by Gasteiger charge is 2.35. The smallest absolute Gasteiger partial charge is 0.378 e. The van der Waals surface area contributed by atoms with Crippen LogP contribution < -0.4 is 10.6 Å². The van der Waals surface area contributed by atoms with Crippen molar-refractivity contribution in [2.45, 2.75) is 57.0 Å². The maximum Gasteiger partial charge on any atom is 0.421 e. The number of likely N-dealkylation sites (tertiary alicyclic amines) is 2. The van der Waals surface area contributed by atoms with Crippen LogP contribution in [-0.2, 0) is 6.18 Å². The summed E-state index contributed by atoms with van der Waals surface area (Å²) < 4.78 is 42.5. The molecule has 3 N–H and O–H groups in total. The zero-order chi connectivity index (χ0) is 25.7. The molecule has 13 heteroatoms. The molecule has 0 spiro atoms. The van der Waals surface area contributed by atoms with Crippen molar-refractivity contribution < 1.29 is 18.3 Å². The molecular formula is C23H32F3N9O. The zero-order valence-corrected chi connectivity index (χ0v) is 20.3. The SMILES string of the molecule is CN1CCC(n2cc(Nc3ncc(C(F)(F)F)c(NCCCN4CCCCC4O)n3)c(C#N)n2)CC1. The Bertz CT molecular complexity index is 1060. The molecule has 0 amide bonds. The fourth-order valence-corrected chi connectivity index (χ4v) is 4.64. The van der Waals surface area contributed by atoms with Crippen LogP contribution in [0.5, 0.6) is 0 Å². The van der Waals surface area contributed by atoms with E-state index in [1.807, 2.05) is 11.0 Å². The maximum atomic E-state index is 13.6. The van der Waals surface area contributed by atoms with E-state index in [0.29, 0.717) is 25.1 Å². The largest absolute Gasteiger partial charge is 0.421 e. The number of rotatable bonds is 8. The standard InChI is InChI=1S/C23H32F3N9O/c1-33-11-6-16(7-12-33)35-15-19(18(13-27)32-35)30-22-29-14-17(23(24,25)26)21(31-22)28-8-4-10-34-9-3-2-5-20(34)36/h14-16,20,36H,2-12H2,1H3,(H2,28,29,30,31). The Morgan fingerprint density at radius 1 is 1.19 bits per heavy atom. The fraction of sp³-hybridized carbons (Fsp3) is 0.652. The predicted octanol–water partition coefficient (Wildman–Crippen LogP) is 3.18. The van der Waals surface area contributed by atoms with Gasteiger partial charge in [-0.1, -0.05) is 0 Å². The van der Waals surface area contributed by atoms with Gasteiger partial charge in [-0.3, -0.25) is 9.58 Å². The molecule has 2 saturated heterocycles. The van der Waals surface area contributed by atoms with Crippen LogP contribution in [0.25, 0.3) is 0 Å². The number of piperidine rings is 2. The highest BCUT2D eigenvalue weighted by atomic mass is 19.4. The minimum atomic E-state index is -4.62. The van der Waals surface area contributed by atoms with E-state index in [9.17, 15) is 23.5 Å². The van der Waals surface area contributed by atoms with Gasteiger partial charge in [0.15, 0.2) is 5.69 Å². The predicted molar refractivity (Wildman–Crippen MR) is 128 cm³/mol. The number of halogens is 3. The summed E-state index contributed by atoms with van der Waals surface area (Å²) in [6.07, 6.45) is 2.32. The molecule has 4 rings (SSSR count). The van der Waals surface area contributed by atoms with E-state index in [1.165, 1.54) is 0 Å². The van der Waals surface area contributed by atoms with E-state index in [-0.39, 0.29) is 30.0 Å². The third kappa shape index (κ3) is 6.43. The fourth-order valence-electron chi connectivity index (χ4n) is 4.64. The number of nitrogens with zero attached hydrogens (tertiary/aromatic N) is 7. The maximum absolute atomic E-state index is 13.6. The summed E-state index contributed by atoms with van der Waals surface area (Å²) in [6, 6.07) is 2.18. The van der Waals surface area contributed by atoms with Gasteiger partial charge in [0.2, 0.25) is 5.95 Å². The Morgan fingerprint density at radius 3 is 2.67 bits per heavy atom. The highest BCUT2D eigenvalue weighted by Crippen LogP contribution is 2.34. The van der Waals surface area contributed by atoms with E-state index in [2.05, 4.69) is 37.6 Å². The van der Waals surface area contributed by atoms with Crippen LogP contribution in [0.1, 0.15) is 55.8 Å². The summed E-state index contributed by atoms with van der Waals surface area (Å²) in [4.78, 5) is 12.1. The molecule has 2 fully saturated rings. The number of nitriles is 1. The van der Waals surface area contributed by atoms with Crippen molar-refractivity contribution >= 4 is 17.5 Å². The first-order valence-corrected chi connectivity index (χ1v) is 12.3. The molecular weight excluding hydrogens is 475 g/mol. The third-order valence-electron chi connectivity index (χ3n) is 6.73. The monoisotopic (exact) mass is 507 g/mol. The summed E-state index contributed by atoms with van der Waals surface area (Å²) in [5.41, 5.74) is -0.484. The van der Waals surface area contributed by atoms with Crippen LogP contribution in [0, 0.1) is 11.3 Å². The van der Waals surface area contributed by atoms with Gasteiger partial charge in [0.25, 0.3) is 0 Å². The van der Waals surface area contributed by atoms with Gasteiger partial charge in [0.1, 0.15) is 23.7 Å². The van der Waals surface area contributed by atoms with Gasteiger partial charge in [-0.15, -0.1) is 0 Å². The molecule has 1 unspecified atom stereocenters. The van der Waals surface area contributed by atoms with E-state index >= 15 is 0 Å². The van der Waals surface area contributed by atoms with Crippen molar-refractivity contribution in [2.75, 3.05) is 50.4 Å². The Hall–Kier alpha value is -2.95. The molecule has 1 atom stereocenters. The lowest BCUT2D eigenvalue weighted by molar-refractivity contribution is -0.137. The molecule has 0 bridgehead atoms. The van der Waals surface area contributed by atoms with Crippen molar-refractivity contribution in [3.05, 3.63) is 23.7 Å². The molecule has 4 heterocycles. The second-order valence-electron chi connectivity index (χ2n) is 9.39. The van der Waals surface area contributed by atoms with Gasteiger partial charge in [0, 0.05) is 25.8 Å². The van der Waals surface area contributed by atoms with E-state index in [0.717, 1.165) is 51.5 Å². The Kier molecular flexibility index (Phi) is 8.28. The first kappa shape index (κ1) is 26.1. The van der Waals surface area contributed by atoms with Crippen molar-refractivity contribution in [1.29, 1.82) is 5.26 Å². The lowest BCUT2D eigenvalue weighted by Gasteiger charge is -2.31. The van der Waals surface area contributed by atoms with Crippen LogP contribution in [-0.4, -0.2) is 80.7 Å². The van der Waals surface area contributed by atoms with Gasteiger partial charge in [0.05, 0.1) is 17.9 Å². The molecule has 0 aliphatic carbocycles. The van der Waals surface area contributed by atoms with Crippen LogP contribution in [0.3, 0.4) is 0 Å². The average Bonchev–Trinajstić information content (AvgIpc) is 3.25. The van der Waals surface area contributed by atoms with Crippen LogP contribution in [0.2, 0.25) is 0 Å². The minimum absolute atomic E-state index is 0.0589.